The van der Waals surface area contributed by atoms with E-state index in [2.05, 4.69) is 45.0 Å². The number of benzene rings is 1. The maximum atomic E-state index is 5.60. The van der Waals surface area contributed by atoms with Gasteiger partial charge in [0.25, 0.3) is 0 Å². The molecule has 2 heterocycles. The van der Waals surface area contributed by atoms with Crippen LogP contribution in [0.3, 0.4) is 0 Å². The number of thiazole rings is 1. The summed E-state index contributed by atoms with van der Waals surface area (Å²) in [7, 11) is 0. The molecule has 0 aliphatic carbocycles. The summed E-state index contributed by atoms with van der Waals surface area (Å²) in [6.07, 6.45) is 0. The third kappa shape index (κ3) is 2.71. The van der Waals surface area contributed by atoms with Gasteiger partial charge in [0.05, 0.1) is 4.88 Å². The molecule has 6 heteroatoms. The van der Waals surface area contributed by atoms with Crippen molar-refractivity contribution in [2.75, 3.05) is 5.43 Å². The zero-order valence-electron chi connectivity index (χ0n) is 9.95. The zero-order valence-corrected chi connectivity index (χ0v) is 13.3. The molecule has 0 atom stereocenters. The Hall–Kier alpha value is -1.21. The van der Waals surface area contributed by atoms with Gasteiger partial charge < -0.3 is 0 Å². The normalized spacial score (nSPS) is 9.95. The van der Waals surface area contributed by atoms with Crippen molar-refractivity contribution in [3.8, 4) is 16.3 Å². The van der Waals surface area contributed by atoms with E-state index in [1.54, 1.807) is 22.7 Å². The fourth-order valence-corrected chi connectivity index (χ4v) is 3.49. The summed E-state index contributed by atoms with van der Waals surface area (Å²) in [4.78, 5) is 1.23. The highest BCUT2D eigenvalue weighted by atomic mass is 79.9. The molecule has 98 valence electrons. The Bertz CT molecular complexity index is 635. The van der Waals surface area contributed by atoms with Crippen LogP contribution in [-0.2, 0) is 0 Å². The summed E-state index contributed by atoms with van der Waals surface area (Å²) < 4.78 is 2.14. The fourth-order valence-electron chi connectivity index (χ4n) is 1.85. The number of nitrogens with two attached hydrogens (primary N) is 1. The standard InChI is InChI=1S/C13H11N3S2.BrH/c14-15-13-16(10-5-2-1-3-6-10)11(9-18-13)12-7-4-8-17-12;/h1-9H,14H2;1H/p+1. The molecule has 2 aromatic heterocycles. The number of nitrogens with zero attached hydrogens (tertiary/aromatic N) is 1. The molecular formula is C13H13BrN3S2+. The summed E-state index contributed by atoms with van der Waals surface area (Å²) >= 11 is 3.33. The average molecular weight is 355 g/mol. The van der Waals surface area contributed by atoms with Crippen LogP contribution in [0.1, 0.15) is 0 Å². The lowest BCUT2D eigenvalue weighted by molar-refractivity contribution is -0.563. The van der Waals surface area contributed by atoms with Gasteiger partial charge in [0.15, 0.2) is 5.69 Å². The van der Waals surface area contributed by atoms with Gasteiger partial charge in [-0.05, 0) is 23.6 Å². The van der Waals surface area contributed by atoms with Crippen LogP contribution < -0.4 is 15.8 Å². The Morgan fingerprint density at radius 2 is 1.79 bits per heavy atom. The first kappa shape index (κ1) is 14.2. The van der Waals surface area contributed by atoms with Crippen LogP contribution in [0.15, 0.2) is 53.2 Å². The first-order valence-electron chi connectivity index (χ1n) is 5.49. The Morgan fingerprint density at radius 1 is 1.00 bits per heavy atom. The van der Waals surface area contributed by atoms with Crippen molar-refractivity contribution in [3.63, 3.8) is 0 Å². The predicted molar refractivity (Wildman–Crippen MR) is 87.3 cm³/mol. The van der Waals surface area contributed by atoms with Crippen molar-refractivity contribution in [2.45, 2.75) is 0 Å². The number of hydrogen-bond donors (Lipinski definition) is 2. The monoisotopic (exact) mass is 354 g/mol. The van der Waals surface area contributed by atoms with Crippen LogP contribution >= 0.6 is 39.7 Å². The Morgan fingerprint density at radius 3 is 2.42 bits per heavy atom. The summed E-state index contributed by atoms with van der Waals surface area (Å²) in [5, 5.41) is 5.12. The molecule has 0 spiro atoms. The molecule has 3 nitrogen and oxygen atoms in total. The van der Waals surface area contributed by atoms with E-state index in [0.29, 0.717) is 0 Å². The van der Waals surface area contributed by atoms with E-state index in [4.69, 9.17) is 5.84 Å². The lowest BCUT2D eigenvalue weighted by Gasteiger charge is -2.02. The fraction of sp³-hybridized carbons (Fsp3) is 0. The molecule has 3 N–H and O–H groups in total. The number of hydrogen-bond acceptors (Lipinski definition) is 4. The highest BCUT2D eigenvalue weighted by Gasteiger charge is 2.20. The Kier molecular flexibility index (Phi) is 4.71. The van der Waals surface area contributed by atoms with Crippen LogP contribution in [0.4, 0.5) is 5.13 Å². The van der Waals surface area contributed by atoms with E-state index < -0.39 is 0 Å². The first-order chi connectivity index (χ1) is 8.90. The molecule has 3 aromatic rings. The molecule has 0 aliphatic rings. The number of hydrazine groups is 1. The minimum atomic E-state index is 0. The van der Waals surface area contributed by atoms with Crippen LogP contribution in [0, 0.1) is 0 Å². The quantitative estimate of drug-likeness (QED) is 0.428. The number of halogens is 1. The summed E-state index contributed by atoms with van der Waals surface area (Å²) in [6, 6.07) is 14.4. The number of nitrogen functional groups attached to an aromatic ring is 1. The van der Waals surface area contributed by atoms with Gasteiger partial charge in [-0.25, -0.2) is 0 Å². The molecule has 0 radical (unpaired) electrons. The number of thiophene rings is 1. The van der Waals surface area contributed by atoms with Gasteiger partial charge in [-0.1, -0.05) is 35.6 Å². The molecule has 0 saturated carbocycles. The number of nitrogens with one attached hydrogen (secondary N) is 1. The van der Waals surface area contributed by atoms with Crippen molar-refractivity contribution >= 4 is 44.8 Å². The number of anilines is 1. The average Bonchev–Trinajstić information content (AvgIpc) is 3.08. The van der Waals surface area contributed by atoms with Crippen molar-refractivity contribution in [1.82, 2.24) is 0 Å². The van der Waals surface area contributed by atoms with E-state index in [9.17, 15) is 0 Å². The van der Waals surface area contributed by atoms with Gasteiger partial charge in [0.1, 0.15) is 5.69 Å². The van der Waals surface area contributed by atoms with Crippen LogP contribution in [0.2, 0.25) is 0 Å². The second-order valence-corrected chi connectivity index (χ2v) is 5.52. The number of rotatable bonds is 3. The predicted octanol–water partition coefficient (Wildman–Crippen LogP) is 3.62. The zero-order chi connectivity index (χ0) is 12.4. The topological polar surface area (TPSA) is 41.9 Å². The Labute approximate surface area is 130 Å². The van der Waals surface area contributed by atoms with Crippen LogP contribution in [0.5, 0.6) is 0 Å². The molecule has 0 unspecified atom stereocenters. The molecule has 0 saturated heterocycles. The Balaban J connectivity index is 0.00000133. The second kappa shape index (κ2) is 6.29. The van der Waals surface area contributed by atoms with E-state index in [-0.39, 0.29) is 17.0 Å². The lowest BCUT2D eigenvalue weighted by atomic mass is 10.3. The molecule has 0 fully saturated rings. The third-order valence-corrected chi connectivity index (χ3v) is 4.39. The molecule has 0 amide bonds. The maximum absolute atomic E-state index is 5.60. The minimum Gasteiger partial charge on any atom is -0.189 e. The van der Waals surface area contributed by atoms with Gasteiger partial charge in [-0.2, -0.15) is 15.8 Å². The van der Waals surface area contributed by atoms with Gasteiger partial charge >= 0.3 is 5.13 Å². The van der Waals surface area contributed by atoms with Gasteiger partial charge in [0, 0.05) is 5.38 Å². The first-order valence-corrected chi connectivity index (χ1v) is 7.25. The maximum Gasteiger partial charge on any atom is 0.357 e. The number of aromatic nitrogens is 1. The highest BCUT2D eigenvalue weighted by molar-refractivity contribution is 8.93. The number of para-hydroxylation sites is 1. The van der Waals surface area contributed by atoms with Crippen LogP contribution in [0.25, 0.3) is 16.3 Å². The van der Waals surface area contributed by atoms with Crippen molar-refractivity contribution in [2.24, 2.45) is 5.84 Å². The largest absolute Gasteiger partial charge is 0.357 e. The molecule has 1 aromatic carbocycles. The van der Waals surface area contributed by atoms with Crippen LogP contribution in [-0.4, -0.2) is 0 Å². The molecule has 19 heavy (non-hydrogen) atoms. The van der Waals surface area contributed by atoms with E-state index in [1.807, 2.05) is 18.2 Å². The van der Waals surface area contributed by atoms with E-state index >= 15 is 0 Å². The van der Waals surface area contributed by atoms with Crippen molar-refractivity contribution in [3.05, 3.63) is 53.2 Å². The lowest BCUT2D eigenvalue weighted by Crippen LogP contribution is -2.35. The third-order valence-electron chi connectivity index (χ3n) is 2.64. The molecular weight excluding hydrogens is 342 g/mol. The van der Waals surface area contributed by atoms with E-state index in [1.165, 1.54) is 4.88 Å². The minimum absolute atomic E-state index is 0. The summed E-state index contributed by atoms with van der Waals surface area (Å²) in [6.45, 7) is 0. The summed E-state index contributed by atoms with van der Waals surface area (Å²) in [5.74, 6) is 5.60. The highest BCUT2D eigenvalue weighted by Crippen LogP contribution is 2.28. The van der Waals surface area contributed by atoms with Crippen molar-refractivity contribution < 1.29 is 4.57 Å². The SMILES string of the molecule is Br.NNc1scc(-c2cccs2)[n+]1-c1ccccc1. The van der Waals surface area contributed by atoms with E-state index in [0.717, 1.165) is 16.5 Å². The molecule has 3 rings (SSSR count). The summed E-state index contributed by atoms with van der Waals surface area (Å²) in [5.41, 5.74) is 5.03. The smallest absolute Gasteiger partial charge is 0.189 e. The molecule has 0 aliphatic heterocycles. The second-order valence-electron chi connectivity index (χ2n) is 3.72. The van der Waals surface area contributed by atoms with Gasteiger partial charge in [-0.15, -0.1) is 28.3 Å². The van der Waals surface area contributed by atoms with Gasteiger partial charge in [-0.3, -0.25) is 0 Å². The van der Waals surface area contributed by atoms with Gasteiger partial charge in [0.2, 0.25) is 0 Å². The molecule has 0 bridgehead atoms. The van der Waals surface area contributed by atoms with Crippen molar-refractivity contribution in [1.29, 1.82) is 0 Å².